The number of benzene rings is 1. The summed E-state index contributed by atoms with van der Waals surface area (Å²) in [5.74, 6) is -5.83. The number of Topliss-reactive ketones (excluding diaryl/α,β-unsaturated/α-hetero) is 1. The molecule has 1 aromatic rings. The first-order chi connectivity index (χ1) is 36.5. The number of phenolic OH excluding ortho intramolecular Hbond substituents is 1. The molecule has 4 aliphatic heterocycles. The Balaban J connectivity index is 1.18. The smallest absolute Gasteiger partial charge is 0.325 e. The van der Waals surface area contributed by atoms with Crippen LogP contribution in [0.4, 0.5) is 0 Å². The number of phenols is 1. The molecule has 9 N–H and O–H groups in total. The van der Waals surface area contributed by atoms with Gasteiger partial charge in [0.05, 0.1) is 36.4 Å². The predicted octanol–water partition coefficient (Wildman–Crippen LogP) is 4.77. The Bertz CT molecular complexity index is 2350. The Hall–Kier alpha value is -5.24. The lowest BCUT2D eigenvalue weighted by atomic mass is 9.55. The minimum absolute atomic E-state index is 0.0312. The SMILES string of the molecule is CC[C@H]1C[C@@H]2C[C@H]3[C@@H](O)[C@@H](C)[C@H](C[C@H](O)[C@@H](C)CC/C=C/C=C(\C)[C@@H]4C/C=C/C=C/[C@H](O)[C@H](C)[C@@H](O)[C@@H](CCC(C)=O)C(=O)N[C@@H](C(C)C)C(=O)N[C@@H](Cc5cccc(O)c5)C(=O)N5CCC[C@H](N5)C(=O)O4)O[C@]23NC1=O. The van der Waals surface area contributed by atoms with Crippen LogP contribution >= 0.6 is 0 Å². The fourth-order valence-electron chi connectivity index (χ4n) is 11.7. The van der Waals surface area contributed by atoms with Crippen molar-refractivity contribution >= 4 is 35.4 Å². The molecule has 18 nitrogen and oxygen atoms in total. The number of nitrogens with one attached hydrogen (secondary N) is 4. The molecule has 4 fully saturated rings. The third-order valence-electron chi connectivity index (χ3n) is 17.0. The van der Waals surface area contributed by atoms with E-state index >= 15 is 0 Å². The van der Waals surface area contributed by atoms with Crippen molar-refractivity contribution in [2.45, 2.75) is 193 Å². The second kappa shape index (κ2) is 27.6. The number of nitrogens with zero attached hydrogens (tertiary/aromatic N) is 1. The van der Waals surface area contributed by atoms with Crippen LogP contribution in [-0.2, 0) is 44.7 Å². The number of hydrazine groups is 1. The first kappa shape index (κ1) is 61.0. The molecule has 2 bridgehead atoms. The fraction of sp³-hybridized carbons (Fsp3) is 0.661. The molecule has 1 aliphatic carbocycles. The van der Waals surface area contributed by atoms with E-state index in [1.807, 2.05) is 45.9 Å². The molecule has 6 rings (SSSR count). The number of carbonyl (C=O) groups is 6. The number of cyclic esters (lactones) is 1. The van der Waals surface area contributed by atoms with Crippen molar-refractivity contribution < 1.29 is 63.8 Å². The number of esters is 1. The first-order valence-electron chi connectivity index (χ1n) is 28.1. The number of hydrogen-bond acceptors (Lipinski definition) is 14. The van der Waals surface area contributed by atoms with Gasteiger partial charge in [-0.3, -0.25) is 29.0 Å². The number of amides is 4. The molecule has 1 aromatic carbocycles. The maximum atomic E-state index is 14.5. The Labute approximate surface area is 454 Å². The van der Waals surface area contributed by atoms with Crippen LogP contribution < -0.4 is 21.4 Å². The van der Waals surface area contributed by atoms with Gasteiger partial charge in [0.1, 0.15) is 41.5 Å². The number of aliphatic hydroxyl groups is 4. The molecule has 3 saturated heterocycles. The molecular weight excluding hydrogens is 987 g/mol. The zero-order valence-electron chi connectivity index (χ0n) is 46.3. The van der Waals surface area contributed by atoms with Gasteiger partial charge >= 0.3 is 5.97 Å². The molecule has 4 amide bonds. The number of hydrogen-bond donors (Lipinski definition) is 9. The monoisotopic (exact) mass is 1070 g/mol. The standard InChI is InChI=1S/C59H87N5O13/c1-9-40-30-41-31-44-53(70)38(8)50(77-59(41,44)62-54(40)71)32-48(68)34(4)18-12-10-13-19-35(5)49-24-15-11-14-23-47(67)37(7)52(69)43(26-25-36(6)65)55(72)61-51(33(2)3)56(73)60-46(29-39-20-16-21-42(66)28-39)57(74)64-27-17-22-45(63-64)58(75)76-49/h10-11,13-16,19-21,23,28,33-34,37-38,40-41,43-53,63,66-70H,9,12,17-18,22,24-27,29-32H2,1-8H3,(H,60,73)(H,61,72)(H,62,71)/b13-10+,15-11+,23-14+,35-19+/t34-,37-,38-,40-,41+,43+,44-,45-,46-,47-,48-,49-,50-,51-,52+,53-,59+/m0/s1. The molecule has 426 valence electrons. The molecule has 0 radical (unpaired) electrons. The Morgan fingerprint density at radius 2 is 1.71 bits per heavy atom. The highest BCUT2D eigenvalue weighted by Crippen LogP contribution is 2.57. The number of ketones is 1. The van der Waals surface area contributed by atoms with Gasteiger partial charge in [-0.1, -0.05) is 96.2 Å². The second-order valence-corrected chi connectivity index (χ2v) is 23.0. The minimum atomic E-state index is -1.43. The number of rotatable bonds is 15. The summed E-state index contributed by atoms with van der Waals surface area (Å²) in [5.41, 5.74) is 3.41. The van der Waals surface area contributed by atoms with Crippen LogP contribution in [0.25, 0.3) is 0 Å². The number of fused-ring (bicyclic) bond motifs is 2. The number of aromatic hydroxyl groups is 1. The Morgan fingerprint density at radius 1 is 0.961 bits per heavy atom. The van der Waals surface area contributed by atoms with Gasteiger partial charge in [0.15, 0.2) is 0 Å². The molecule has 77 heavy (non-hydrogen) atoms. The van der Waals surface area contributed by atoms with Gasteiger partial charge < -0.3 is 55.8 Å². The third kappa shape index (κ3) is 15.3. The fourth-order valence-corrected chi connectivity index (χ4v) is 11.7. The van der Waals surface area contributed by atoms with Crippen LogP contribution in [-0.4, -0.2) is 133 Å². The topological polar surface area (TPSA) is 273 Å². The van der Waals surface area contributed by atoms with E-state index < -0.39 is 102 Å². The molecule has 4 heterocycles. The number of ether oxygens (including phenoxy) is 2. The van der Waals surface area contributed by atoms with Gasteiger partial charge in [-0.05, 0) is 100 Å². The van der Waals surface area contributed by atoms with Gasteiger partial charge in [0, 0.05) is 61.8 Å². The Kier molecular flexibility index (Phi) is 21.8. The summed E-state index contributed by atoms with van der Waals surface area (Å²) < 4.78 is 12.9. The van der Waals surface area contributed by atoms with E-state index in [2.05, 4.69) is 21.4 Å². The van der Waals surface area contributed by atoms with E-state index in [9.17, 15) is 54.3 Å². The Morgan fingerprint density at radius 3 is 2.42 bits per heavy atom. The van der Waals surface area contributed by atoms with Crippen molar-refractivity contribution in [3.63, 3.8) is 0 Å². The third-order valence-corrected chi connectivity index (χ3v) is 17.0. The van der Waals surface area contributed by atoms with E-state index in [1.54, 1.807) is 51.1 Å². The highest BCUT2D eigenvalue weighted by atomic mass is 16.5. The summed E-state index contributed by atoms with van der Waals surface area (Å²) in [6.45, 7) is 14.4. The summed E-state index contributed by atoms with van der Waals surface area (Å²) in [6, 6.07) is 2.91. The summed E-state index contributed by atoms with van der Waals surface area (Å²) >= 11 is 0. The summed E-state index contributed by atoms with van der Waals surface area (Å²) in [6.07, 6.45) is 11.8. The quantitative estimate of drug-likeness (QED) is 0.0846. The van der Waals surface area contributed by atoms with Crippen molar-refractivity contribution in [2.75, 3.05) is 6.54 Å². The van der Waals surface area contributed by atoms with Gasteiger partial charge in [0.2, 0.25) is 17.7 Å². The predicted molar refractivity (Wildman–Crippen MR) is 289 cm³/mol. The lowest BCUT2D eigenvalue weighted by Gasteiger charge is -2.65. The molecule has 1 saturated carbocycles. The molecule has 17 atom stereocenters. The number of piperidine rings is 1. The second-order valence-electron chi connectivity index (χ2n) is 23.0. The highest BCUT2D eigenvalue weighted by molar-refractivity contribution is 5.93. The van der Waals surface area contributed by atoms with E-state index in [0.717, 1.165) is 19.3 Å². The first-order valence-corrected chi connectivity index (χ1v) is 28.1. The molecule has 18 heteroatoms. The van der Waals surface area contributed by atoms with Crippen LogP contribution in [0.1, 0.15) is 132 Å². The molecule has 0 aromatic heterocycles. The van der Waals surface area contributed by atoms with E-state index in [-0.39, 0.29) is 79.3 Å². The van der Waals surface area contributed by atoms with Crippen molar-refractivity contribution in [1.29, 1.82) is 0 Å². The minimum Gasteiger partial charge on any atom is -0.508 e. The van der Waals surface area contributed by atoms with E-state index in [0.29, 0.717) is 43.2 Å². The lowest BCUT2D eigenvalue weighted by Crippen LogP contribution is -2.78. The average Bonchev–Trinajstić information content (AvgIpc) is 3.39. The zero-order chi connectivity index (χ0) is 56.3. The van der Waals surface area contributed by atoms with Gasteiger partial charge in [-0.15, -0.1) is 0 Å². The molecule has 0 unspecified atom stereocenters. The maximum absolute atomic E-state index is 14.5. The summed E-state index contributed by atoms with van der Waals surface area (Å²) in [5, 5.41) is 65.9. The highest BCUT2D eigenvalue weighted by Gasteiger charge is 2.67. The zero-order valence-corrected chi connectivity index (χ0v) is 46.3. The average molecular weight is 1070 g/mol. The molecule has 1 spiro atoms. The largest absolute Gasteiger partial charge is 0.508 e. The van der Waals surface area contributed by atoms with Crippen LogP contribution in [0.5, 0.6) is 5.75 Å². The number of aliphatic hydroxyl groups excluding tert-OH is 4. The van der Waals surface area contributed by atoms with E-state index in [4.69, 9.17) is 9.47 Å². The van der Waals surface area contributed by atoms with Crippen molar-refractivity contribution in [3.05, 3.63) is 77.9 Å². The lowest BCUT2D eigenvalue weighted by molar-refractivity contribution is -0.320. The van der Waals surface area contributed by atoms with Gasteiger partial charge in [-0.2, -0.15) is 0 Å². The van der Waals surface area contributed by atoms with Crippen LogP contribution in [0.15, 0.2) is 72.4 Å². The number of allylic oxidation sites excluding steroid dienone is 5. The maximum Gasteiger partial charge on any atom is 0.325 e. The summed E-state index contributed by atoms with van der Waals surface area (Å²) in [4.78, 5) is 82.0. The number of carbonyl (C=O) groups excluding carboxylic acids is 6. The molecular formula is C59H87N5O13. The normalized spacial score (nSPS) is 35.6. The van der Waals surface area contributed by atoms with Crippen molar-refractivity contribution in [3.8, 4) is 5.75 Å². The van der Waals surface area contributed by atoms with Gasteiger partial charge in [-0.25, -0.2) is 5.43 Å². The van der Waals surface area contributed by atoms with Crippen LogP contribution in [0, 0.1) is 47.3 Å². The summed E-state index contributed by atoms with van der Waals surface area (Å²) in [7, 11) is 0. The van der Waals surface area contributed by atoms with Crippen LogP contribution in [0.3, 0.4) is 0 Å². The van der Waals surface area contributed by atoms with Crippen molar-refractivity contribution in [2.24, 2.45) is 47.3 Å². The van der Waals surface area contributed by atoms with Gasteiger partial charge in [0.25, 0.3) is 5.91 Å². The van der Waals surface area contributed by atoms with Crippen molar-refractivity contribution in [1.82, 2.24) is 26.4 Å². The van der Waals surface area contributed by atoms with E-state index in [1.165, 1.54) is 30.1 Å². The van der Waals surface area contributed by atoms with Crippen LogP contribution in [0.2, 0.25) is 0 Å². The molecule has 5 aliphatic rings.